The van der Waals surface area contributed by atoms with Gasteiger partial charge in [0.1, 0.15) is 11.6 Å². The molecule has 0 aromatic heterocycles. The Balaban J connectivity index is 2.83. The Morgan fingerprint density at radius 2 is 2.17 bits per heavy atom. The summed E-state index contributed by atoms with van der Waals surface area (Å²) in [6.45, 7) is 3.91. The minimum Gasteiger partial charge on any atom is -0.497 e. The summed E-state index contributed by atoms with van der Waals surface area (Å²) < 4.78 is 18.7. The molecule has 5 heteroatoms. The Morgan fingerprint density at radius 1 is 1.50 bits per heavy atom. The van der Waals surface area contributed by atoms with Crippen molar-refractivity contribution in [1.82, 2.24) is 4.90 Å². The molecule has 0 atom stereocenters. The number of ether oxygens (including phenoxy) is 1. The third-order valence-electron chi connectivity index (χ3n) is 2.70. The number of nitrogens with zero attached hydrogens (tertiary/aromatic N) is 1. The molecule has 0 saturated carbocycles. The van der Waals surface area contributed by atoms with E-state index in [1.165, 1.54) is 13.2 Å². The predicted molar refractivity (Wildman–Crippen MR) is 66.1 cm³/mol. The number of carboxylic acid groups (broad SMARTS) is 1. The first-order valence-electron chi connectivity index (χ1n) is 5.72. The van der Waals surface area contributed by atoms with Crippen LogP contribution in [0, 0.1) is 5.82 Å². The molecule has 0 fully saturated rings. The van der Waals surface area contributed by atoms with Crippen LogP contribution in [0.1, 0.15) is 19.4 Å². The van der Waals surface area contributed by atoms with Crippen LogP contribution in [-0.2, 0) is 11.3 Å². The lowest BCUT2D eigenvalue weighted by molar-refractivity contribution is -0.139. The molecule has 1 aromatic carbocycles. The van der Waals surface area contributed by atoms with Crippen LogP contribution in [-0.4, -0.2) is 35.7 Å². The zero-order valence-electron chi connectivity index (χ0n) is 10.8. The van der Waals surface area contributed by atoms with Crippen LogP contribution in [0.15, 0.2) is 18.2 Å². The van der Waals surface area contributed by atoms with Crippen molar-refractivity contribution in [2.45, 2.75) is 26.4 Å². The molecule has 0 aliphatic carbocycles. The SMILES string of the molecule is COc1ccc(CN(CC(=O)O)C(C)C)c(F)c1. The second kappa shape index (κ2) is 6.35. The second-order valence-electron chi connectivity index (χ2n) is 4.35. The lowest BCUT2D eigenvalue weighted by atomic mass is 10.1. The highest BCUT2D eigenvalue weighted by atomic mass is 19.1. The third kappa shape index (κ3) is 4.00. The number of aliphatic carboxylic acids is 1. The standard InChI is InChI=1S/C13H18FNO3/c1-9(2)15(8-13(16)17)7-10-4-5-11(18-3)6-12(10)14/h4-6,9H,7-8H2,1-3H3,(H,16,17). The first-order chi connectivity index (χ1) is 8.43. The van der Waals surface area contributed by atoms with Crippen LogP contribution in [0.3, 0.4) is 0 Å². The lowest BCUT2D eigenvalue weighted by Crippen LogP contribution is -2.35. The van der Waals surface area contributed by atoms with Crippen molar-refractivity contribution in [2.75, 3.05) is 13.7 Å². The van der Waals surface area contributed by atoms with Crippen molar-refractivity contribution >= 4 is 5.97 Å². The van der Waals surface area contributed by atoms with Gasteiger partial charge in [-0.05, 0) is 19.9 Å². The van der Waals surface area contributed by atoms with E-state index in [2.05, 4.69) is 0 Å². The van der Waals surface area contributed by atoms with Crippen LogP contribution in [0.25, 0.3) is 0 Å². The Kier molecular flexibility index (Phi) is 5.09. The minimum atomic E-state index is -0.919. The van der Waals surface area contributed by atoms with Crippen LogP contribution >= 0.6 is 0 Å². The molecule has 0 unspecified atom stereocenters. The van der Waals surface area contributed by atoms with Gasteiger partial charge in [-0.2, -0.15) is 0 Å². The molecule has 0 saturated heterocycles. The summed E-state index contributed by atoms with van der Waals surface area (Å²) in [5.74, 6) is -0.853. The number of hydrogen-bond donors (Lipinski definition) is 1. The van der Waals surface area contributed by atoms with Crippen molar-refractivity contribution in [3.63, 3.8) is 0 Å². The van der Waals surface area contributed by atoms with Gasteiger partial charge in [-0.1, -0.05) is 6.07 Å². The molecule has 1 rings (SSSR count). The number of halogens is 1. The van der Waals surface area contributed by atoms with E-state index in [4.69, 9.17) is 9.84 Å². The second-order valence-corrected chi connectivity index (χ2v) is 4.35. The Bertz CT molecular complexity index is 421. The molecular formula is C13H18FNO3. The van der Waals surface area contributed by atoms with Crippen LogP contribution in [0.5, 0.6) is 5.75 Å². The summed E-state index contributed by atoms with van der Waals surface area (Å²) in [6.07, 6.45) is 0. The van der Waals surface area contributed by atoms with Crippen molar-refractivity contribution in [2.24, 2.45) is 0 Å². The van der Waals surface area contributed by atoms with Crippen molar-refractivity contribution < 1.29 is 19.0 Å². The number of benzene rings is 1. The number of carbonyl (C=O) groups is 1. The van der Waals surface area contributed by atoms with Crippen molar-refractivity contribution in [3.05, 3.63) is 29.6 Å². The largest absolute Gasteiger partial charge is 0.497 e. The summed E-state index contributed by atoms with van der Waals surface area (Å²) in [4.78, 5) is 12.4. The van der Waals surface area contributed by atoms with Gasteiger partial charge in [0, 0.05) is 24.2 Å². The van der Waals surface area contributed by atoms with E-state index in [0.717, 1.165) is 0 Å². The fraction of sp³-hybridized carbons (Fsp3) is 0.462. The topological polar surface area (TPSA) is 49.8 Å². The van der Waals surface area contributed by atoms with E-state index in [-0.39, 0.29) is 24.9 Å². The van der Waals surface area contributed by atoms with Crippen LogP contribution in [0.4, 0.5) is 4.39 Å². The molecule has 0 heterocycles. The number of carboxylic acids is 1. The van der Waals surface area contributed by atoms with Gasteiger partial charge < -0.3 is 9.84 Å². The normalized spacial score (nSPS) is 11.0. The fourth-order valence-electron chi connectivity index (χ4n) is 1.60. The Morgan fingerprint density at radius 3 is 2.61 bits per heavy atom. The summed E-state index contributed by atoms with van der Waals surface area (Å²) in [7, 11) is 1.47. The summed E-state index contributed by atoms with van der Waals surface area (Å²) in [6, 6.07) is 4.61. The van der Waals surface area contributed by atoms with E-state index >= 15 is 0 Å². The highest BCUT2D eigenvalue weighted by Gasteiger charge is 2.16. The molecule has 0 spiro atoms. The van der Waals surface area contributed by atoms with E-state index in [9.17, 15) is 9.18 Å². The summed E-state index contributed by atoms with van der Waals surface area (Å²) in [5, 5.41) is 8.81. The zero-order chi connectivity index (χ0) is 13.7. The van der Waals surface area contributed by atoms with Gasteiger partial charge in [0.05, 0.1) is 13.7 Å². The molecule has 4 nitrogen and oxygen atoms in total. The van der Waals surface area contributed by atoms with Crippen molar-refractivity contribution in [1.29, 1.82) is 0 Å². The highest BCUT2D eigenvalue weighted by Crippen LogP contribution is 2.18. The summed E-state index contributed by atoms with van der Waals surface area (Å²) in [5.41, 5.74) is 0.464. The quantitative estimate of drug-likeness (QED) is 0.846. The van der Waals surface area contributed by atoms with Crippen LogP contribution < -0.4 is 4.74 Å². The predicted octanol–water partition coefficient (Wildman–Crippen LogP) is 2.13. The maximum atomic E-state index is 13.7. The number of hydrogen-bond acceptors (Lipinski definition) is 3. The molecule has 0 aliphatic heterocycles. The molecule has 0 amide bonds. The van der Waals surface area contributed by atoms with Gasteiger partial charge in [0.15, 0.2) is 0 Å². The number of methoxy groups -OCH3 is 1. The smallest absolute Gasteiger partial charge is 0.317 e. The molecule has 18 heavy (non-hydrogen) atoms. The highest BCUT2D eigenvalue weighted by molar-refractivity contribution is 5.69. The maximum Gasteiger partial charge on any atom is 0.317 e. The van der Waals surface area contributed by atoms with Crippen LogP contribution in [0.2, 0.25) is 0 Å². The van der Waals surface area contributed by atoms with Gasteiger partial charge in [0.2, 0.25) is 0 Å². The van der Waals surface area contributed by atoms with Gasteiger partial charge in [-0.15, -0.1) is 0 Å². The number of rotatable bonds is 6. The first-order valence-corrected chi connectivity index (χ1v) is 5.72. The van der Waals surface area contributed by atoms with E-state index in [0.29, 0.717) is 11.3 Å². The summed E-state index contributed by atoms with van der Waals surface area (Å²) >= 11 is 0. The van der Waals surface area contributed by atoms with E-state index in [1.54, 1.807) is 17.0 Å². The fourth-order valence-corrected chi connectivity index (χ4v) is 1.60. The molecule has 0 aliphatic rings. The van der Waals surface area contributed by atoms with Gasteiger partial charge in [-0.25, -0.2) is 4.39 Å². The molecule has 1 aromatic rings. The lowest BCUT2D eigenvalue weighted by Gasteiger charge is -2.24. The molecule has 100 valence electrons. The molecule has 0 bridgehead atoms. The van der Waals surface area contributed by atoms with E-state index in [1.807, 2.05) is 13.8 Å². The minimum absolute atomic E-state index is 0.0302. The van der Waals surface area contributed by atoms with E-state index < -0.39 is 5.97 Å². The first kappa shape index (κ1) is 14.4. The Hall–Kier alpha value is -1.62. The monoisotopic (exact) mass is 255 g/mol. The van der Waals surface area contributed by atoms with Gasteiger partial charge in [0.25, 0.3) is 0 Å². The van der Waals surface area contributed by atoms with Crippen molar-refractivity contribution in [3.8, 4) is 5.75 Å². The molecule has 0 radical (unpaired) electrons. The average Bonchev–Trinajstić information content (AvgIpc) is 2.29. The third-order valence-corrected chi connectivity index (χ3v) is 2.70. The average molecular weight is 255 g/mol. The molecule has 1 N–H and O–H groups in total. The zero-order valence-corrected chi connectivity index (χ0v) is 10.8. The molecular weight excluding hydrogens is 237 g/mol. The maximum absolute atomic E-state index is 13.7. The Labute approximate surface area is 106 Å². The van der Waals surface area contributed by atoms with Gasteiger partial charge >= 0.3 is 5.97 Å². The van der Waals surface area contributed by atoms with Gasteiger partial charge in [-0.3, -0.25) is 9.69 Å².